The van der Waals surface area contributed by atoms with Gasteiger partial charge in [0.25, 0.3) is 0 Å². The predicted octanol–water partition coefficient (Wildman–Crippen LogP) is 2.15. The lowest BCUT2D eigenvalue weighted by Crippen LogP contribution is -2.50. The van der Waals surface area contributed by atoms with E-state index in [4.69, 9.17) is 16.3 Å². The van der Waals surface area contributed by atoms with Crippen molar-refractivity contribution in [3.63, 3.8) is 0 Å². The van der Waals surface area contributed by atoms with Crippen LogP contribution in [-0.4, -0.2) is 52.7 Å². The molecule has 0 bridgehead atoms. The Morgan fingerprint density at radius 1 is 1.55 bits per heavy atom. The van der Waals surface area contributed by atoms with Crippen molar-refractivity contribution in [3.05, 3.63) is 28.8 Å². The van der Waals surface area contributed by atoms with Gasteiger partial charge in [-0.1, -0.05) is 11.6 Å². The van der Waals surface area contributed by atoms with Crippen LogP contribution in [0.25, 0.3) is 0 Å². The van der Waals surface area contributed by atoms with E-state index in [-0.39, 0.29) is 6.10 Å². The molecule has 0 radical (unpaired) electrons. The Kier molecular flexibility index (Phi) is 4.10. The third-order valence-electron chi connectivity index (χ3n) is 3.73. The molecule has 0 saturated carbocycles. The molecule has 108 valence electrons. The molecule has 1 fully saturated rings. The van der Waals surface area contributed by atoms with Gasteiger partial charge < -0.3 is 9.84 Å². The molecule has 0 aromatic heterocycles. The van der Waals surface area contributed by atoms with Gasteiger partial charge >= 0.3 is 5.97 Å². The number of hydrogen-bond acceptors (Lipinski definition) is 4. The molecular formula is C14H16ClNO3S. The molecule has 2 aliphatic rings. The second-order valence-electron chi connectivity index (χ2n) is 5.12. The fourth-order valence-electron chi connectivity index (χ4n) is 2.74. The SMILES string of the molecule is O=C(O)C1CSCCN1CC1Cc2cc(Cl)ccc2O1. The lowest BCUT2D eigenvalue weighted by atomic mass is 10.1. The zero-order valence-corrected chi connectivity index (χ0v) is 12.5. The van der Waals surface area contributed by atoms with Crippen LogP contribution in [0.5, 0.6) is 5.75 Å². The van der Waals surface area contributed by atoms with Gasteiger partial charge in [-0.05, 0) is 23.8 Å². The molecule has 1 aromatic carbocycles. The number of halogens is 1. The van der Waals surface area contributed by atoms with Crippen LogP contribution in [0.2, 0.25) is 5.02 Å². The summed E-state index contributed by atoms with van der Waals surface area (Å²) in [6.07, 6.45) is 0.819. The van der Waals surface area contributed by atoms with E-state index < -0.39 is 12.0 Å². The highest BCUT2D eigenvalue weighted by Gasteiger charge is 2.33. The molecule has 0 aliphatic carbocycles. The number of nitrogens with zero attached hydrogens (tertiary/aromatic N) is 1. The minimum absolute atomic E-state index is 0.0217. The molecule has 2 unspecified atom stereocenters. The first-order valence-corrected chi connectivity index (χ1v) is 8.16. The quantitative estimate of drug-likeness (QED) is 0.926. The monoisotopic (exact) mass is 313 g/mol. The first kappa shape index (κ1) is 14.0. The summed E-state index contributed by atoms with van der Waals surface area (Å²) < 4.78 is 5.89. The van der Waals surface area contributed by atoms with Gasteiger partial charge in [0, 0.05) is 36.0 Å². The van der Waals surface area contributed by atoms with Crippen LogP contribution >= 0.6 is 23.4 Å². The Balaban J connectivity index is 1.66. The number of carboxylic acids is 1. The van der Waals surface area contributed by atoms with Gasteiger partial charge in [0.05, 0.1) is 0 Å². The Morgan fingerprint density at radius 3 is 3.20 bits per heavy atom. The highest BCUT2D eigenvalue weighted by atomic mass is 35.5. The van der Waals surface area contributed by atoms with Crippen molar-refractivity contribution in [2.24, 2.45) is 0 Å². The summed E-state index contributed by atoms with van der Waals surface area (Å²) in [6, 6.07) is 5.24. The summed E-state index contributed by atoms with van der Waals surface area (Å²) in [7, 11) is 0. The van der Waals surface area contributed by atoms with Crippen molar-refractivity contribution < 1.29 is 14.6 Å². The van der Waals surface area contributed by atoms with Crippen LogP contribution in [0.15, 0.2) is 18.2 Å². The van der Waals surface area contributed by atoms with Crippen LogP contribution in [0.3, 0.4) is 0 Å². The van der Waals surface area contributed by atoms with Crippen molar-refractivity contribution in [1.82, 2.24) is 4.90 Å². The van der Waals surface area contributed by atoms with Crippen LogP contribution in [0.1, 0.15) is 5.56 Å². The number of ether oxygens (including phenoxy) is 1. The first-order valence-electron chi connectivity index (χ1n) is 6.63. The van der Waals surface area contributed by atoms with E-state index in [1.807, 2.05) is 23.1 Å². The largest absolute Gasteiger partial charge is 0.488 e. The minimum atomic E-state index is -0.740. The first-order chi connectivity index (χ1) is 9.63. The lowest BCUT2D eigenvalue weighted by Gasteiger charge is -2.33. The van der Waals surface area contributed by atoms with E-state index in [2.05, 4.69) is 0 Å². The maximum absolute atomic E-state index is 11.3. The third kappa shape index (κ3) is 2.90. The van der Waals surface area contributed by atoms with Gasteiger partial charge in [-0.3, -0.25) is 9.69 Å². The Labute approximate surface area is 127 Å². The zero-order valence-electron chi connectivity index (χ0n) is 10.9. The van der Waals surface area contributed by atoms with Crippen molar-refractivity contribution in [2.75, 3.05) is 24.6 Å². The van der Waals surface area contributed by atoms with E-state index in [9.17, 15) is 9.90 Å². The lowest BCUT2D eigenvalue weighted by molar-refractivity contribution is -0.142. The van der Waals surface area contributed by atoms with Crippen molar-refractivity contribution in [3.8, 4) is 5.75 Å². The van der Waals surface area contributed by atoms with E-state index >= 15 is 0 Å². The Hall–Kier alpha value is -0.910. The average molecular weight is 314 g/mol. The summed E-state index contributed by atoms with van der Waals surface area (Å²) in [5, 5.41) is 9.99. The van der Waals surface area contributed by atoms with Crippen LogP contribution in [0.4, 0.5) is 0 Å². The molecule has 2 atom stereocenters. The van der Waals surface area contributed by atoms with Crippen molar-refractivity contribution in [1.29, 1.82) is 0 Å². The Bertz CT molecular complexity index is 525. The third-order valence-corrected chi connectivity index (χ3v) is 4.98. The maximum atomic E-state index is 11.3. The number of fused-ring (bicyclic) bond motifs is 1. The number of carbonyl (C=O) groups is 1. The average Bonchev–Trinajstić information content (AvgIpc) is 2.80. The van der Waals surface area contributed by atoms with Gasteiger partial charge in [-0.25, -0.2) is 0 Å². The van der Waals surface area contributed by atoms with Gasteiger partial charge in [0.15, 0.2) is 0 Å². The van der Waals surface area contributed by atoms with Crippen LogP contribution in [-0.2, 0) is 11.2 Å². The highest BCUT2D eigenvalue weighted by molar-refractivity contribution is 7.99. The van der Waals surface area contributed by atoms with Crippen LogP contribution in [0, 0.1) is 0 Å². The van der Waals surface area contributed by atoms with E-state index in [1.165, 1.54) is 0 Å². The van der Waals surface area contributed by atoms with Gasteiger partial charge in [0.2, 0.25) is 0 Å². The second-order valence-corrected chi connectivity index (χ2v) is 6.71. The normalized spacial score (nSPS) is 26.1. The standard InChI is InChI=1S/C14H16ClNO3S/c15-10-1-2-13-9(5-10)6-11(19-13)7-16-3-4-20-8-12(16)14(17)18/h1-2,5,11-12H,3-4,6-8H2,(H,17,18). The number of aliphatic carboxylic acids is 1. The van der Waals surface area contributed by atoms with Gasteiger partial charge in [0.1, 0.15) is 17.9 Å². The molecule has 6 heteroatoms. The molecule has 2 aliphatic heterocycles. The summed E-state index contributed by atoms with van der Waals surface area (Å²) >= 11 is 7.68. The molecule has 1 aromatic rings. The van der Waals surface area contributed by atoms with Crippen molar-refractivity contribution in [2.45, 2.75) is 18.6 Å². The molecule has 1 N–H and O–H groups in total. The maximum Gasteiger partial charge on any atom is 0.321 e. The van der Waals surface area contributed by atoms with Crippen molar-refractivity contribution >= 4 is 29.3 Å². The summed E-state index contributed by atoms with van der Waals surface area (Å²) in [6.45, 7) is 1.46. The topological polar surface area (TPSA) is 49.8 Å². The summed E-state index contributed by atoms with van der Waals surface area (Å²) in [5.74, 6) is 1.77. The molecular weight excluding hydrogens is 298 g/mol. The number of benzene rings is 1. The van der Waals surface area contributed by atoms with Gasteiger partial charge in [-0.2, -0.15) is 11.8 Å². The van der Waals surface area contributed by atoms with Gasteiger partial charge in [-0.15, -0.1) is 0 Å². The number of carboxylic acid groups (broad SMARTS) is 1. The number of hydrogen-bond donors (Lipinski definition) is 1. The molecule has 4 nitrogen and oxygen atoms in total. The zero-order chi connectivity index (χ0) is 14.1. The highest BCUT2D eigenvalue weighted by Crippen LogP contribution is 2.32. The van der Waals surface area contributed by atoms with E-state index in [0.717, 1.165) is 30.0 Å². The smallest absolute Gasteiger partial charge is 0.321 e. The summed E-state index contributed by atoms with van der Waals surface area (Å²) in [5.41, 5.74) is 1.11. The van der Waals surface area contributed by atoms with E-state index in [1.54, 1.807) is 11.8 Å². The number of rotatable bonds is 3. The Morgan fingerprint density at radius 2 is 2.40 bits per heavy atom. The molecule has 3 rings (SSSR count). The second kappa shape index (κ2) is 5.84. The fraction of sp³-hybridized carbons (Fsp3) is 0.500. The minimum Gasteiger partial charge on any atom is -0.488 e. The molecule has 20 heavy (non-hydrogen) atoms. The fourth-order valence-corrected chi connectivity index (χ4v) is 4.04. The summed E-state index contributed by atoms with van der Waals surface area (Å²) in [4.78, 5) is 13.3. The van der Waals surface area contributed by atoms with Crippen LogP contribution < -0.4 is 4.74 Å². The van der Waals surface area contributed by atoms with E-state index in [0.29, 0.717) is 17.3 Å². The molecule has 1 saturated heterocycles. The number of thioether (sulfide) groups is 1. The predicted molar refractivity (Wildman–Crippen MR) is 79.9 cm³/mol. The molecule has 0 amide bonds. The molecule has 0 spiro atoms. The molecule has 2 heterocycles.